The van der Waals surface area contributed by atoms with E-state index in [1.54, 1.807) is 19.1 Å². The van der Waals surface area contributed by atoms with Crippen molar-refractivity contribution in [2.75, 3.05) is 27.3 Å². The van der Waals surface area contributed by atoms with Crippen LogP contribution in [0.15, 0.2) is 0 Å². The number of methoxy groups -OCH3 is 1. The molecule has 2 heterocycles. The minimum absolute atomic E-state index is 0.0750. The first-order valence-electron chi connectivity index (χ1n) is 8.19. The number of hydrogen-bond donors (Lipinski definition) is 2. The van der Waals surface area contributed by atoms with Gasteiger partial charge in [-0.2, -0.15) is 5.10 Å². The van der Waals surface area contributed by atoms with Crippen molar-refractivity contribution in [1.82, 2.24) is 20.4 Å². The Labute approximate surface area is 135 Å². The molecule has 1 unspecified atom stereocenters. The Balaban J connectivity index is 1.89. The Morgan fingerprint density at radius 3 is 2.96 bits per heavy atom. The van der Waals surface area contributed by atoms with E-state index < -0.39 is 5.54 Å². The average molecular weight is 320 g/mol. The summed E-state index contributed by atoms with van der Waals surface area (Å²) in [5.41, 5.74) is 2.08. The summed E-state index contributed by atoms with van der Waals surface area (Å²) in [5, 5.41) is 9.90. The fourth-order valence-corrected chi connectivity index (χ4v) is 3.92. The number of carbonyl (C=O) groups excluding carboxylic acids is 2. The molecule has 126 valence electrons. The monoisotopic (exact) mass is 320 g/mol. The summed E-state index contributed by atoms with van der Waals surface area (Å²) >= 11 is 0. The zero-order chi connectivity index (χ0) is 16.4. The van der Waals surface area contributed by atoms with Crippen molar-refractivity contribution < 1.29 is 14.3 Å². The zero-order valence-corrected chi connectivity index (χ0v) is 13.8. The molecule has 0 saturated carbocycles. The standard InChI is InChI=1S/C16H24N4O3/c1-17-13(21)9-16(10-23-2)7-4-8-20(16)15(22)14-11-5-3-6-12(11)18-19-14/h3-10H2,1-2H3,(H,17,21)(H,18,19). The van der Waals surface area contributed by atoms with Crippen molar-refractivity contribution in [2.45, 2.75) is 44.1 Å². The van der Waals surface area contributed by atoms with E-state index >= 15 is 0 Å². The molecule has 1 aliphatic carbocycles. The molecule has 1 saturated heterocycles. The van der Waals surface area contributed by atoms with Gasteiger partial charge in [0.05, 0.1) is 18.6 Å². The molecular formula is C16H24N4O3. The molecular weight excluding hydrogens is 296 g/mol. The van der Waals surface area contributed by atoms with Gasteiger partial charge in [-0.25, -0.2) is 0 Å². The Kier molecular flexibility index (Phi) is 4.39. The van der Waals surface area contributed by atoms with E-state index in [-0.39, 0.29) is 18.2 Å². The van der Waals surface area contributed by atoms with E-state index in [1.165, 1.54) is 0 Å². The molecule has 0 radical (unpaired) electrons. The van der Waals surface area contributed by atoms with Crippen LogP contribution in [-0.4, -0.2) is 59.8 Å². The second-order valence-corrected chi connectivity index (χ2v) is 6.45. The third-order valence-corrected chi connectivity index (χ3v) is 5.03. The number of H-pyrrole nitrogens is 1. The first kappa shape index (κ1) is 16.0. The van der Waals surface area contributed by atoms with Crippen LogP contribution >= 0.6 is 0 Å². The Morgan fingerprint density at radius 2 is 2.22 bits per heavy atom. The van der Waals surface area contributed by atoms with Gasteiger partial charge in [0, 0.05) is 32.0 Å². The quantitative estimate of drug-likeness (QED) is 0.834. The number of likely N-dealkylation sites (tertiary alicyclic amines) is 1. The SMILES string of the molecule is CNC(=O)CC1(COC)CCCN1C(=O)c1n[nH]c2c1CCC2. The van der Waals surface area contributed by atoms with Crippen LogP contribution in [0.4, 0.5) is 0 Å². The summed E-state index contributed by atoms with van der Waals surface area (Å²) in [6, 6.07) is 0. The van der Waals surface area contributed by atoms with E-state index in [0.717, 1.165) is 43.4 Å². The van der Waals surface area contributed by atoms with Crippen molar-refractivity contribution in [2.24, 2.45) is 0 Å². The number of carbonyl (C=O) groups is 2. The molecule has 1 atom stereocenters. The maximum absolute atomic E-state index is 13.1. The van der Waals surface area contributed by atoms with Gasteiger partial charge in [0.2, 0.25) is 5.91 Å². The molecule has 23 heavy (non-hydrogen) atoms. The van der Waals surface area contributed by atoms with Crippen LogP contribution in [0.2, 0.25) is 0 Å². The first-order valence-corrected chi connectivity index (χ1v) is 8.19. The van der Waals surface area contributed by atoms with Gasteiger partial charge in [0.25, 0.3) is 5.91 Å². The summed E-state index contributed by atoms with van der Waals surface area (Å²) in [6.45, 7) is 1.000. The minimum Gasteiger partial charge on any atom is -0.382 e. The summed E-state index contributed by atoms with van der Waals surface area (Å²) in [4.78, 5) is 26.9. The fourth-order valence-electron chi connectivity index (χ4n) is 3.92. The van der Waals surface area contributed by atoms with Crippen LogP contribution < -0.4 is 5.32 Å². The van der Waals surface area contributed by atoms with E-state index in [1.807, 2.05) is 0 Å². The molecule has 1 aromatic heterocycles. The summed E-state index contributed by atoms with van der Waals surface area (Å²) in [5.74, 6) is -0.156. The topological polar surface area (TPSA) is 87.3 Å². The molecule has 2 N–H and O–H groups in total. The molecule has 0 spiro atoms. The van der Waals surface area contributed by atoms with Gasteiger partial charge in [0.1, 0.15) is 0 Å². The van der Waals surface area contributed by atoms with Gasteiger partial charge in [-0.1, -0.05) is 0 Å². The molecule has 7 heteroatoms. The number of rotatable bonds is 5. The lowest BCUT2D eigenvalue weighted by atomic mass is 9.91. The van der Waals surface area contributed by atoms with Crippen molar-refractivity contribution in [1.29, 1.82) is 0 Å². The minimum atomic E-state index is -0.573. The van der Waals surface area contributed by atoms with Crippen LogP contribution in [0.1, 0.15) is 47.4 Å². The lowest BCUT2D eigenvalue weighted by molar-refractivity contribution is -0.123. The molecule has 1 aliphatic heterocycles. The van der Waals surface area contributed by atoms with Gasteiger partial charge in [0.15, 0.2) is 5.69 Å². The lowest BCUT2D eigenvalue weighted by Gasteiger charge is -2.37. The Morgan fingerprint density at radius 1 is 1.39 bits per heavy atom. The van der Waals surface area contributed by atoms with Crippen LogP contribution in [0.3, 0.4) is 0 Å². The van der Waals surface area contributed by atoms with Crippen LogP contribution in [0.5, 0.6) is 0 Å². The Bertz CT molecular complexity index is 612. The zero-order valence-electron chi connectivity index (χ0n) is 13.8. The third-order valence-electron chi connectivity index (χ3n) is 5.03. The fraction of sp³-hybridized carbons (Fsp3) is 0.688. The van der Waals surface area contributed by atoms with Crippen LogP contribution in [0, 0.1) is 0 Å². The highest BCUT2D eigenvalue weighted by Gasteiger charge is 2.46. The molecule has 3 rings (SSSR count). The molecule has 7 nitrogen and oxygen atoms in total. The van der Waals surface area contributed by atoms with Gasteiger partial charge >= 0.3 is 0 Å². The number of fused-ring (bicyclic) bond motifs is 1. The summed E-state index contributed by atoms with van der Waals surface area (Å²) in [7, 11) is 3.23. The van der Waals surface area contributed by atoms with Gasteiger partial charge in [-0.05, 0) is 32.1 Å². The third kappa shape index (κ3) is 2.73. The molecule has 0 aromatic carbocycles. The van der Waals surface area contributed by atoms with Crippen molar-refractivity contribution >= 4 is 11.8 Å². The highest BCUT2D eigenvalue weighted by Crippen LogP contribution is 2.35. The molecule has 1 aromatic rings. The maximum atomic E-state index is 13.1. The van der Waals surface area contributed by atoms with Gasteiger partial charge in [-0.15, -0.1) is 0 Å². The molecule has 0 bridgehead atoms. The smallest absolute Gasteiger partial charge is 0.275 e. The summed E-state index contributed by atoms with van der Waals surface area (Å²) in [6.07, 6.45) is 4.82. The summed E-state index contributed by atoms with van der Waals surface area (Å²) < 4.78 is 5.36. The van der Waals surface area contributed by atoms with Gasteiger partial charge in [-0.3, -0.25) is 14.7 Å². The predicted molar refractivity (Wildman–Crippen MR) is 84.2 cm³/mol. The van der Waals surface area contributed by atoms with Gasteiger partial charge < -0.3 is 15.0 Å². The van der Waals surface area contributed by atoms with E-state index in [4.69, 9.17) is 4.74 Å². The maximum Gasteiger partial charge on any atom is 0.275 e. The molecule has 2 amide bonds. The number of nitrogens with one attached hydrogen (secondary N) is 2. The number of aromatic nitrogens is 2. The largest absolute Gasteiger partial charge is 0.382 e. The average Bonchev–Trinajstić information content (AvgIpc) is 3.22. The normalized spacial score (nSPS) is 23.1. The van der Waals surface area contributed by atoms with Crippen LogP contribution in [0.25, 0.3) is 0 Å². The number of amides is 2. The number of ether oxygens (including phenoxy) is 1. The van der Waals surface area contributed by atoms with E-state index in [9.17, 15) is 9.59 Å². The van der Waals surface area contributed by atoms with Crippen molar-refractivity contribution in [3.63, 3.8) is 0 Å². The Hall–Kier alpha value is -1.89. The highest BCUT2D eigenvalue weighted by molar-refractivity contribution is 5.95. The molecule has 2 aliphatic rings. The second kappa shape index (κ2) is 6.31. The second-order valence-electron chi connectivity index (χ2n) is 6.45. The van der Waals surface area contributed by atoms with Crippen molar-refractivity contribution in [3.8, 4) is 0 Å². The van der Waals surface area contributed by atoms with Crippen LogP contribution in [-0.2, 0) is 22.4 Å². The number of aryl methyl sites for hydroxylation is 1. The number of nitrogens with zero attached hydrogens (tertiary/aromatic N) is 2. The predicted octanol–water partition coefficient (Wildman–Crippen LogP) is 0.656. The van der Waals surface area contributed by atoms with Crippen molar-refractivity contribution in [3.05, 3.63) is 17.0 Å². The number of hydrogen-bond acceptors (Lipinski definition) is 4. The highest BCUT2D eigenvalue weighted by atomic mass is 16.5. The van der Waals surface area contributed by atoms with E-state index in [0.29, 0.717) is 18.8 Å². The lowest BCUT2D eigenvalue weighted by Crippen LogP contribution is -2.53. The number of aromatic amines is 1. The molecule has 1 fully saturated rings. The van der Waals surface area contributed by atoms with E-state index in [2.05, 4.69) is 15.5 Å². The first-order chi connectivity index (χ1) is 11.1.